The van der Waals surface area contributed by atoms with E-state index in [0.717, 1.165) is 32.9 Å². The van der Waals surface area contributed by atoms with Crippen LogP contribution in [0.25, 0.3) is 5.57 Å². The molecule has 0 aliphatic carbocycles. The minimum absolute atomic E-state index is 0.172. The average molecular weight is 362 g/mol. The number of phenolic OH excluding ortho intramolecular Hbond substituents is 1. The summed E-state index contributed by atoms with van der Waals surface area (Å²) in [6, 6.07) is 2.23. The number of benzene rings is 1. The standard InChI is InChI=1S/C18H18O8/c1-8(19)7-26-17-13(23)6-5-12(15(17)10(3)21)14(9(2)20)16(11(4)22)18(24)25/h5-6,23H,7H2,1-4H3,(H,24,25)/b16-14+. The molecule has 8 heteroatoms. The number of aliphatic carboxylic acids is 1. The molecule has 0 heterocycles. The largest absolute Gasteiger partial charge is 0.504 e. The van der Waals surface area contributed by atoms with Crippen LogP contribution in [-0.2, 0) is 19.2 Å². The quantitative estimate of drug-likeness (QED) is 0.308. The Hall–Kier alpha value is -3.29. The number of hydrogen-bond acceptors (Lipinski definition) is 7. The van der Waals surface area contributed by atoms with Crippen LogP contribution < -0.4 is 4.74 Å². The summed E-state index contributed by atoms with van der Waals surface area (Å²) in [6.45, 7) is 3.93. The first-order valence-electron chi connectivity index (χ1n) is 7.47. The Kier molecular flexibility index (Phi) is 6.54. The predicted octanol–water partition coefficient (Wildman–Crippen LogP) is 1.58. The van der Waals surface area contributed by atoms with Crippen LogP contribution in [0.3, 0.4) is 0 Å². The molecule has 8 nitrogen and oxygen atoms in total. The third kappa shape index (κ3) is 4.41. The maximum absolute atomic E-state index is 12.1. The average Bonchev–Trinajstić information content (AvgIpc) is 2.49. The van der Waals surface area contributed by atoms with Crippen molar-refractivity contribution in [1.29, 1.82) is 0 Å². The first kappa shape index (κ1) is 20.8. The Morgan fingerprint density at radius 1 is 0.962 bits per heavy atom. The fraction of sp³-hybridized carbons (Fsp3) is 0.278. The number of allylic oxidation sites excluding steroid dienone is 1. The Labute approximate surface area is 149 Å². The number of ether oxygens (including phenoxy) is 1. The van der Waals surface area contributed by atoms with Gasteiger partial charge in [0.25, 0.3) is 0 Å². The monoisotopic (exact) mass is 362 g/mol. The van der Waals surface area contributed by atoms with Gasteiger partial charge in [0.05, 0.1) is 5.56 Å². The molecule has 0 amide bonds. The Morgan fingerprint density at radius 2 is 1.54 bits per heavy atom. The highest BCUT2D eigenvalue weighted by molar-refractivity contribution is 6.35. The fourth-order valence-electron chi connectivity index (χ4n) is 2.38. The zero-order chi connectivity index (χ0) is 20.2. The summed E-state index contributed by atoms with van der Waals surface area (Å²) in [5.74, 6) is -5.14. The zero-order valence-corrected chi connectivity index (χ0v) is 14.7. The smallest absolute Gasteiger partial charge is 0.340 e. The van der Waals surface area contributed by atoms with Crippen LogP contribution in [-0.4, -0.2) is 45.9 Å². The van der Waals surface area contributed by atoms with Crippen LogP contribution in [0.2, 0.25) is 0 Å². The second kappa shape index (κ2) is 8.19. The van der Waals surface area contributed by atoms with E-state index in [1.165, 1.54) is 6.92 Å². The van der Waals surface area contributed by atoms with E-state index in [4.69, 9.17) is 4.74 Å². The molecule has 0 radical (unpaired) electrons. The van der Waals surface area contributed by atoms with Crippen molar-refractivity contribution in [2.45, 2.75) is 27.7 Å². The molecule has 26 heavy (non-hydrogen) atoms. The van der Waals surface area contributed by atoms with E-state index < -0.39 is 46.8 Å². The molecular weight excluding hydrogens is 344 g/mol. The number of carbonyl (C=O) groups is 5. The lowest BCUT2D eigenvalue weighted by molar-refractivity contribution is -0.134. The molecule has 0 aliphatic heterocycles. The van der Waals surface area contributed by atoms with Gasteiger partial charge in [-0.1, -0.05) is 0 Å². The molecule has 0 aliphatic rings. The Bertz CT molecular complexity index is 829. The van der Waals surface area contributed by atoms with Crippen molar-refractivity contribution < 1.29 is 38.9 Å². The molecule has 0 spiro atoms. The second-order valence-electron chi connectivity index (χ2n) is 5.55. The van der Waals surface area contributed by atoms with Crippen LogP contribution >= 0.6 is 0 Å². The fourth-order valence-corrected chi connectivity index (χ4v) is 2.38. The van der Waals surface area contributed by atoms with Gasteiger partial charge in [-0.25, -0.2) is 4.79 Å². The number of carboxylic acid groups (broad SMARTS) is 1. The lowest BCUT2D eigenvalue weighted by Crippen LogP contribution is -2.17. The topological polar surface area (TPSA) is 135 Å². The number of carbonyl (C=O) groups excluding carboxylic acids is 4. The second-order valence-corrected chi connectivity index (χ2v) is 5.55. The van der Waals surface area contributed by atoms with Crippen LogP contribution in [0.5, 0.6) is 11.5 Å². The van der Waals surface area contributed by atoms with Crippen LogP contribution in [0.4, 0.5) is 0 Å². The van der Waals surface area contributed by atoms with Crippen molar-refractivity contribution in [3.05, 3.63) is 28.8 Å². The summed E-state index contributed by atoms with van der Waals surface area (Å²) in [7, 11) is 0. The molecule has 0 bridgehead atoms. The molecule has 0 saturated heterocycles. The predicted molar refractivity (Wildman–Crippen MR) is 90.2 cm³/mol. The maximum Gasteiger partial charge on any atom is 0.340 e. The highest BCUT2D eigenvalue weighted by Crippen LogP contribution is 2.37. The molecule has 0 fully saturated rings. The van der Waals surface area contributed by atoms with Crippen LogP contribution in [0.15, 0.2) is 17.7 Å². The molecular formula is C18H18O8. The first-order chi connectivity index (χ1) is 12.0. The molecule has 0 saturated carbocycles. The molecule has 1 aromatic carbocycles. The van der Waals surface area contributed by atoms with Crippen molar-refractivity contribution in [3.63, 3.8) is 0 Å². The number of rotatable bonds is 8. The molecule has 0 aromatic heterocycles. The van der Waals surface area contributed by atoms with E-state index in [9.17, 15) is 34.2 Å². The van der Waals surface area contributed by atoms with Crippen LogP contribution in [0.1, 0.15) is 43.6 Å². The molecule has 138 valence electrons. The van der Waals surface area contributed by atoms with Gasteiger partial charge in [0.15, 0.2) is 34.6 Å². The van der Waals surface area contributed by atoms with Gasteiger partial charge in [-0.2, -0.15) is 0 Å². The number of ketones is 4. The van der Waals surface area contributed by atoms with Crippen molar-refractivity contribution in [1.82, 2.24) is 0 Å². The summed E-state index contributed by atoms with van der Waals surface area (Å²) in [6.07, 6.45) is 0. The lowest BCUT2D eigenvalue weighted by atomic mass is 9.89. The van der Waals surface area contributed by atoms with Gasteiger partial charge in [-0.3, -0.25) is 19.2 Å². The van der Waals surface area contributed by atoms with Gasteiger partial charge in [0.2, 0.25) is 0 Å². The van der Waals surface area contributed by atoms with E-state index in [-0.39, 0.29) is 22.7 Å². The number of Topliss-reactive ketones (excluding diaryl/α,β-unsaturated/α-hetero) is 4. The molecule has 1 aromatic rings. The van der Waals surface area contributed by atoms with Gasteiger partial charge in [0.1, 0.15) is 12.2 Å². The van der Waals surface area contributed by atoms with Gasteiger partial charge in [-0.15, -0.1) is 0 Å². The highest BCUT2D eigenvalue weighted by atomic mass is 16.5. The van der Waals surface area contributed by atoms with Crippen molar-refractivity contribution in [2.75, 3.05) is 6.61 Å². The molecule has 0 atom stereocenters. The molecule has 0 unspecified atom stereocenters. The van der Waals surface area contributed by atoms with E-state index in [2.05, 4.69) is 0 Å². The van der Waals surface area contributed by atoms with Gasteiger partial charge in [-0.05, 0) is 39.8 Å². The number of phenols is 1. The summed E-state index contributed by atoms with van der Waals surface area (Å²) >= 11 is 0. The first-order valence-corrected chi connectivity index (χ1v) is 7.47. The number of hydrogen-bond donors (Lipinski definition) is 2. The molecule has 1 rings (SSSR count). The zero-order valence-electron chi connectivity index (χ0n) is 14.7. The van der Waals surface area contributed by atoms with Gasteiger partial charge in [0, 0.05) is 11.1 Å². The van der Waals surface area contributed by atoms with Crippen molar-refractivity contribution >= 4 is 34.7 Å². The third-order valence-corrected chi connectivity index (χ3v) is 3.35. The number of aromatic hydroxyl groups is 1. The van der Waals surface area contributed by atoms with E-state index in [0.29, 0.717) is 0 Å². The maximum atomic E-state index is 12.1. The lowest BCUT2D eigenvalue weighted by Gasteiger charge is -2.17. The Morgan fingerprint density at radius 3 is 1.92 bits per heavy atom. The Balaban J connectivity index is 3.93. The summed E-state index contributed by atoms with van der Waals surface area (Å²) in [5.41, 5.74) is -1.74. The van der Waals surface area contributed by atoms with Crippen molar-refractivity contribution in [2.24, 2.45) is 0 Å². The third-order valence-electron chi connectivity index (χ3n) is 3.35. The minimum Gasteiger partial charge on any atom is -0.504 e. The summed E-state index contributed by atoms with van der Waals surface area (Å²) in [5, 5.41) is 19.3. The normalized spacial score (nSPS) is 11.4. The van der Waals surface area contributed by atoms with E-state index in [1.54, 1.807) is 0 Å². The van der Waals surface area contributed by atoms with E-state index >= 15 is 0 Å². The SMILES string of the molecule is CC(=O)COc1c(O)ccc(/C(C(C)=O)=C(\C(C)=O)C(=O)O)c1C(C)=O. The minimum atomic E-state index is -1.63. The van der Waals surface area contributed by atoms with Crippen molar-refractivity contribution in [3.8, 4) is 11.5 Å². The van der Waals surface area contributed by atoms with Gasteiger partial charge >= 0.3 is 5.97 Å². The van der Waals surface area contributed by atoms with Gasteiger partial charge < -0.3 is 14.9 Å². The highest BCUT2D eigenvalue weighted by Gasteiger charge is 2.29. The summed E-state index contributed by atoms with van der Waals surface area (Å²) in [4.78, 5) is 58.6. The number of carboxylic acids is 1. The summed E-state index contributed by atoms with van der Waals surface area (Å²) < 4.78 is 5.18. The molecule has 2 N–H and O–H groups in total. The van der Waals surface area contributed by atoms with Crippen LogP contribution in [0, 0.1) is 0 Å². The van der Waals surface area contributed by atoms with E-state index in [1.807, 2.05) is 0 Å².